The number of carbonyl (C=O) groups excluding carboxylic acids is 1. The Morgan fingerprint density at radius 1 is 1.67 bits per heavy atom. The molecule has 1 aromatic heterocycles. The molecule has 2 N–H and O–H groups in total. The average Bonchev–Trinajstić information content (AvgIpc) is 2.38. The summed E-state index contributed by atoms with van der Waals surface area (Å²) in [4.78, 5) is 18.1. The first-order valence-electron chi connectivity index (χ1n) is 6.32. The smallest absolute Gasteiger partial charge is 0.242 e. The van der Waals surface area contributed by atoms with Crippen molar-refractivity contribution >= 4 is 11.7 Å². The molecule has 2 atom stereocenters. The highest BCUT2D eigenvalue weighted by atomic mass is 16.3. The molecule has 1 saturated heterocycles. The lowest BCUT2D eigenvalue weighted by Crippen LogP contribution is -2.55. The van der Waals surface area contributed by atoms with Crippen molar-refractivity contribution < 1.29 is 9.90 Å². The zero-order valence-corrected chi connectivity index (χ0v) is 10.8. The molecule has 0 aromatic carbocycles. The molecule has 18 heavy (non-hydrogen) atoms. The maximum absolute atomic E-state index is 11.8. The highest BCUT2D eigenvalue weighted by molar-refractivity contribution is 5.86. The first kappa shape index (κ1) is 12.8. The van der Waals surface area contributed by atoms with E-state index in [1.54, 1.807) is 19.2 Å². The van der Waals surface area contributed by atoms with Gasteiger partial charge in [0, 0.05) is 19.3 Å². The van der Waals surface area contributed by atoms with E-state index in [9.17, 15) is 9.90 Å². The van der Waals surface area contributed by atoms with Crippen molar-refractivity contribution in [2.45, 2.75) is 32.4 Å². The molecule has 98 valence electrons. The van der Waals surface area contributed by atoms with Crippen molar-refractivity contribution in [1.82, 2.24) is 10.3 Å². The molecule has 1 aromatic rings. The van der Waals surface area contributed by atoms with Crippen molar-refractivity contribution in [3.8, 4) is 0 Å². The predicted molar refractivity (Wildman–Crippen MR) is 69.3 cm³/mol. The molecule has 1 aliphatic heterocycles. The molecule has 1 amide bonds. The first-order valence-corrected chi connectivity index (χ1v) is 6.32. The number of aliphatic hydroxyl groups is 1. The van der Waals surface area contributed by atoms with E-state index in [0.717, 1.165) is 24.3 Å². The van der Waals surface area contributed by atoms with E-state index in [1.807, 2.05) is 17.9 Å². The molecule has 0 saturated carbocycles. The average molecular weight is 249 g/mol. The summed E-state index contributed by atoms with van der Waals surface area (Å²) in [5.74, 6) is 0.808. The summed E-state index contributed by atoms with van der Waals surface area (Å²) in [6.07, 6.45) is 1.90. The summed E-state index contributed by atoms with van der Waals surface area (Å²) in [5.41, 5.74) is 0.820. The maximum atomic E-state index is 11.8. The number of nitrogens with one attached hydrogen (secondary N) is 1. The van der Waals surface area contributed by atoms with Crippen molar-refractivity contribution in [2.24, 2.45) is 0 Å². The Labute approximate surface area is 107 Å². The van der Waals surface area contributed by atoms with E-state index in [-0.39, 0.29) is 11.9 Å². The fourth-order valence-corrected chi connectivity index (χ4v) is 2.25. The number of aromatic nitrogens is 1. The Kier molecular flexibility index (Phi) is 3.81. The summed E-state index contributed by atoms with van der Waals surface area (Å²) in [5, 5.41) is 12.5. The van der Waals surface area contributed by atoms with Crippen LogP contribution in [0.15, 0.2) is 18.3 Å². The molecule has 0 bridgehead atoms. The SMILES string of the molecule is CCC1C(=O)NCCN1c1cc(C(C)O)ccn1. The van der Waals surface area contributed by atoms with Gasteiger partial charge in [0.15, 0.2) is 0 Å². The van der Waals surface area contributed by atoms with Gasteiger partial charge in [-0.1, -0.05) is 6.92 Å². The molecule has 2 heterocycles. The van der Waals surface area contributed by atoms with Crippen molar-refractivity contribution in [1.29, 1.82) is 0 Å². The lowest BCUT2D eigenvalue weighted by Gasteiger charge is -2.35. The normalized spacial score (nSPS) is 21.6. The van der Waals surface area contributed by atoms with E-state index < -0.39 is 6.10 Å². The summed E-state index contributed by atoms with van der Waals surface area (Å²) in [7, 11) is 0. The topological polar surface area (TPSA) is 65.5 Å². The fraction of sp³-hybridized carbons (Fsp3) is 0.538. The van der Waals surface area contributed by atoms with E-state index >= 15 is 0 Å². The third-order valence-electron chi connectivity index (χ3n) is 3.26. The molecule has 2 rings (SSSR count). The Hall–Kier alpha value is -1.62. The Morgan fingerprint density at radius 2 is 2.44 bits per heavy atom. The molecule has 5 heteroatoms. The van der Waals surface area contributed by atoms with Crippen LogP contribution >= 0.6 is 0 Å². The number of carbonyl (C=O) groups is 1. The summed E-state index contributed by atoms with van der Waals surface area (Å²) in [6, 6.07) is 3.47. The number of anilines is 1. The largest absolute Gasteiger partial charge is 0.389 e. The van der Waals surface area contributed by atoms with Gasteiger partial charge < -0.3 is 15.3 Å². The molecular weight excluding hydrogens is 230 g/mol. The van der Waals surface area contributed by atoms with Crippen molar-refractivity contribution in [3.63, 3.8) is 0 Å². The lowest BCUT2D eigenvalue weighted by atomic mass is 10.1. The Balaban J connectivity index is 2.28. The van der Waals surface area contributed by atoms with Gasteiger partial charge in [-0.3, -0.25) is 4.79 Å². The van der Waals surface area contributed by atoms with Crippen LogP contribution in [0, 0.1) is 0 Å². The fourth-order valence-electron chi connectivity index (χ4n) is 2.25. The molecule has 0 radical (unpaired) electrons. The lowest BCUT2D eigenvalue weighted by molar-refractivity contribution is -0.123. The van der Waals surface area contributed by atoms with Gasteiger partial charge >= 0.3 is 0 Å². The third kappa shape index (κ3) is 2.46. The molecule has 0 aliphatic carbocycles. The van der Waals surface area contributed by atoms with Crippen LogP contribution in [-0.2, 0) is 4.79 Å². The van der Waals surface area contributed by atoms with Crippen LogP contribution in [0.2, 0.25) is 0 Å². The highest BCUT2D eigenvalue weighted by Crippen LogP contribution is 2.21. The second-order valence-electron chi connectivity index (χ2n) is 4.53. The summed E-state index contributed by atoms with van der Waals surface area (Å²) >= 11 is 0. The van der Waals surface area contributed by atoms with Crippen LogP contribution in [0.1, 0.15) is 31.9 Å². The third-order valence-corrected chi connectivity index (χ3v) is 3.26. The second-order valence-corrected chi connectivity index (χ2v) is 4.53. The minimum atomic E-state index is -0.523. The number of piperazine rings is 1. The minimum Gasteiger partial charge on any atom is -0.389 e. The van der Waals surface area contributed by atoms with Crippen molar-refractivity contribution in [3.05, 3.63) is 23.9 Å². The monoisotopic (exact) mass is 249 g/mol. The molecule has 5 nitrogen and oxygen atoms in total. The highest BCUT2D eigenvalue weighted by Gasteiger charge is 2.29. The van der Waals surface area contributed by atoms with Gasteiger partial charge in [-0.15, -0.1) is 0 Å². The standard InChI is InChI=1S/C13H19N3O2/c1-3-11-13(18)15-6-7-16(11)12-8-10(9(2)17)4-5-14-12/h4-5,8-9,11,17H,3,6-7H2,1-2H3,(H,15,18). The maximum Gasteiger partial charge on any atom is 0.242 e. The van der Waals surface area contributed by atoms with Gasteiger partial charge in [-0.2, -0.15) is 0 Å². The quantitative estimate of drug-likeness (QED) is 0.833. The van der Waals surface area contributed by atoms with Gasteiger partial charge in [0.05, 0.1) is 6.10 Å². The molecular formula is C13H19N3O2. The van der Waals surface area contributed by atoms with E-state index in [2.05, 4.69) is 10.3 Å². The van der Waals surface area contributed by atoms with Gasteiger partial charge in [0.25, 0.3) is 0 Å². The summed E-state index contributed by atoms with van der Waals surface area (Å²) < 4.78 is 0. The van der Waals surface area contributed by atoms with Crippen LogP contribution in [0.4, 0.5) is 5.82 Å². The van der Waals surface area contributed by atoms with E-state index in [4.69, 9.17) is 0 Å². The zero-order chi connectivity index (χ0) is 13.1. The zero-order valence-electron chi connectivity index (χ0n) is 10.8. The van der Waals surface area contributed by atoms with Crippen LogP contribution in [-0.4, -0.2) is 35.1 Å². The van der Waals surface area contributed by atoms with Gasteiger partial charge in [0.2, 0.25) is 5.91 Å². The van der Waals surface area contributed by atoms with Crippen LogP contribution in [0.25, 0.3) is 0 Å². The first-order chi connectivity index (χ1) is 8.63. The van der Waals surface area contributed by atoms with Crippen LogP contribution < -0.4 is 10.2 Å². The van der Waals surface area contributed by atoms with E-state index in [1.165, 1.54) is 0 Å². The number of pyridine rings is 1. The molecule has 1 fully saturated rings. The predicted octanol–water partition coefficient (Wildman–Crippen LogP) is 0.850. The van der Waals surface area contributed by atoms with Crippen LogP contribution in [0.5, 0.6) is 0 Å². The number of rotatable bonds is 3. The second kappa shape index (κ2) is 5.35. The van der Waals surface area contributed by atoms with Gasteiger partial charge in [-0.05, 0) is 31.0 Å². The minimum absolute atomic E-state index is 0.0491. The van der Waals surface area contributed by atoms with Gasteiger partial charge in [0.1, 0.15) is 11.9 Å². The molecule has 0 spiro atoms. The summed E-state index contributed by atoms with van der Waals surface area (Å²) in [6.45, 7) is 5.09. The number of hydrogen-bond acceptors (Lipinski definition) is 4. The number of amides is 1. The molecule has 2 unspecified atom stereocenters. The van der Waals surface area contributed by atoms with Gasteiger partial charge in [-0.25, -0.2) is 4.98 Å². The number of aliphatic hydroxyl groups excluding tert-OH is 1. The number of nitrogens with zero attached hydrogens (tertiary/aromatic N) is 2. The molecule has 1 aliphatic rings. The Bertz CT molecular complexity index is 434. The van der Waals surface area contributed by atoms with Crippen LogP contribution in [0.3, 0.4) is 0 Å². The van der Waals surface area contributed by atoms with Crippen molar-refractivity contribution in [2.75, 3.05) is 18.0 Å². The van der Waals surface area contributed by atoms with E-state index in [0.29, 0.717) is 6.54 Å². The number of hydrogen-bond donors (Lipinski definition) is 2. The Morgan fingerprint density at radius 3 is 3.11 bits per heavy atom.